The minimum atomic E-state index is -0.0921. The van der Waals surface area contributed by atoms with Gasteiger partial charge < -0.3 is 10.6 Å². The number of nitrogens with zero attached hydrogens (tertiary/aromatic N) is 4. The van der Waals surface area contributed by atoms with Crippen molar-refractivity contribution in [2.75, 3.05) is 18.4 Å². The second-order valence-corrected chi connectivity index (χ2v) is 8.34. The van der Waals surface area contributed by atoms with Gasteiger partial charge in [-0.25, -0.2) is 9.97 Å². The Morgan fingerprint density at radius 2 is 1.84 bits per heavy atom. The lowest BCUT2D eigenvalue weighted by atomic mass is 10.1. The van der Waals surface area contributed by atoms with Gasteiger partial charge in [-0.2, -0.15) is 0 Å². The summed E-state index contributed by atoms with van der Waals surface area (Å²) in [6, 6.07) is 12.1. The average Bonchev–Trinajstić information content (AvgIpc) is 2.78. The molecule has 3 rings (SSSR count). The molecule has 0 aliphatic heterocycles. The van der Waals surface area contributed by atoms with Crippen LogP contribution in [0.2, 0.25) is 0 Å². The third kappa shape index (κ3) is 6.11. The van der Waals surface area contributed by atoms with E-state index in [4.69, 9.17) is 0 Å². The molecule has 3 aromatic rings. The normalized spacial score (nSPS) is 11.2. The first-order valence-corrected chi connectivity index (χ1v) is 11.0. The van der Waals surface area contributed by atoms with E-state index in [9.17, 15) is 4.79 Å². The van der Waals surface area contributed by atoms with Crippen LogP contribution in [0.1, 0.15) is 43.6 Å². The van der Waals surface area contributed by atoms with Crippen LogP contribution in [0, 0.1) is 6.92 Å². The van der Waals surface area contributed by atoms with Gasteiger partial charge >= 0.3 is 0 Å². The molecule has 7 heteroatoms. The number of carbonyl (C=O) groups excluding carboxylic acids is 1. The summed E-state index contributed by atoms with van der Waals surface area (Å²) >= 11 is 0. The van der Waals surface area contributed by atoms with Crippen LogP contribution in [0.3, 0.4) is 0 Å². The molecule has 0 atom stereocenters. The summed E-state index contributed by atoms with van der Waals surface area (Å²) in [5.74, 6) is 0.377. The second kappa shape index (κ2) is 10.8. The number of aryl methyl sites for hydroxylation is 1. The van der Waals surface area contributed by atoms with Gasteiger partial charge in [-0.05, 0) is 70.5 Å². The number of amides is 1. The van der Waals surface area contributed by atoms with Gasteiger partial charge in [0.2, 0.25) is 5.95 Å². The molecule has 1 amide bonds. The number of nitrogens with one attached hydrogen (secondary N) is 2. The molecule has 2 N–H and O–H groups in total. The Bertz CT molecular complexity index is 1030. The summed E-state index contributed by atoms with van der Waals surface area (Å²) in [6.45, 7) is 12.1. The van der Waals surface area contributed by atoms with Crippen molar-refractivity contribution >= 4 is 17.5 Å². The van der Waals surface area contributed by atoms with Gasteiger partial charge in [-0.1, -0.05) is 6.07 Å². The number of hydrogen-bond acceptors (Lipinski definition) is 6. The smallest absolute Gasteiger partial charge is 0.251 e. The van der Waals surface area contributed by atoms with Gasteiger partial charge in [0, 0.05) is 60.6 Å². The molecule has 0 unspecified atom stereocenters. The van der Waals surface area contributed by atoms with E-state index in [0.29, 0.717) is 30.1 Å². The highest BCUT2D eigenvalue weighted by Gasteiger charge is 2.14. The fraction of sp³-hybridized carbons (Fsp3) is 0.360. The lowest BCUT2D eigenvalue weighted by molar-refractivity contribution is 0.0939. The fourth-order valence-corrected chi connectivity index (χ4v) is 3.63. The SMILES string of the molecule is Cc1ccc(C(=O)NCCN(C(C)C)C(C)C)cc1Nc1nccc(-c2cccnc2)n1. The van der Waals surface area contributed by atoms with E-state index in [1.165, 1.54) is 0 Å². The molecule has 0 bridgehead atoms. The van der Waals surface area contributed by atoms with Crippen molar-refractivity contribution in [1.29, 1.82) is 0 Å². The molecular formula is C25H32N6O. The lowest BCUT2D eigenvalue weighted by Gasteiger charge is -2.30. The Balaban J connectivity index is 1.69. The minimum absolute atomic E-state index is 0.0921. The van der Waals surface area contributed by atoms with Gasteiger partial charge in [-0.15, -0.1) is 0 Å². The number of pyridine rings is 1. The zero-order valence-corrected chi connectivity index (χ0v) is 19.5. The third-order valence-electron chi connectivity index (χ3n) is 5.34. The molecule has 0 saturated heterocycles. The molecule has 0 fully saturated rings. The topological polar surface area (TPSA) is 83.0 Å². The Labute approximate surface area is 190 Å². The van der Waals surface area contributed by atoms with Crippen molar-refractivity contribution in [3.05, 3.63) is 66.1 Å². The van der Waals surface area contributed by atoms with Gasteiger partial charge in [0.05, 0.1) is 5.69 Å². The number of aromatic nitrogens is 3. The van der Waals surface area contributed by atoms with Crippen LogP contribution in [-0.2, 0) is 0 Å². The zero-order chi connectivity index (χ0) is 23.1. The van der Waals surface area contributed by atoms with Crippen molar-refractivity contribution in [3.63, 3.8) is 0 Å². The molecule has 168 valence electrons. The lowest BCUT2D eigenvalue weighted by Crippen LogP contribution is -2.42. The third-order valence-corrected chi connectivity index (χ3v) is 5.34. The first kappa shape index (κ1) is 23.3. The van der Waals surface area contributed by atoms with E-state index in [1.807, 2.05) is 43.3 Å². The monoisotopic (exact) mass is 432 g/mol. The molecule has 2 aromatic heterocycles. The van der Waals surface area contributed by atoms with Crippen LogP contribution in [0.25, 0.3) is 11.3 Å². The van der Waals surface area contributed by atoms with Gasteiger partial charge in [0.15, 0.2) is 0 Å². The van der Waals surface area contributed by atoms with Crippen LogP contribution >= 0.6 is 0 Å². The van der Waals surface area contributed by atoms with Crippen molar-refractivity contribution in [3.8, 4) is 11.3 Å². The van der Waals surface area contributed by atoms with Crippen molar-refractivity contribution in [2.45, 2.75) is 46.7 Å². The van der Waals surface area contributed by atoms with Crippen LogP contribution in [0.4, 0.5) is 11.6 Å². The molecule has 0 spiro atoms. The molecule has 0 saturated carbocycles. The molecule has 2 heterocycles. The number of anilines is 2. The van der Waals surface area contributed by atoms with Crippen molar-refractivity contribution in [1.82, 2.24) is 25.2 Å². The van der Waals surface area contributed by atoms with Crippen LogP contribution in [0.5, 0.6) is 0 Å². The van der Waals surface area contributed by atoms with E-state index in [-0.39, 0.29) is 5.91 Å². The molecule has 7 nitrogen and oxygen atoms in total. The van der Waals surface area contributed by atoms with Crippen LogP contribution < -0.4 is 10.6 Å². The van der Waals surface area contributed by atoms with Gasteiger partial charge in [0.1, 0.15) is 0 Å². The first-order chi connectivity index (χ1) is 15.3. The molecular weight excluding hydrogens is 400 g/mol. The summed E-state index contributed by atoms with van der Waals surface area (Å²) in [7, 11) is 0. The predicted octanol–water partition coefficient (Wildman–Crippen LogP) is 4.44. The van der Waals surface area contributed by atoms with E-state index >= 15 is 0 Å². The van der Waals surface area contributed by atoms with E-state index in [2.05, 4.69) is 58.2 Å². The summed E-state index contributed by atoms with van der Waals surface area (Å²) < 4.78 is 0. The molecule has 1 aromatic carbocycles. The maximum absolute atomic E-state index is 12.7. The highest BCUT2D eigenvalue weighted by molar-refractivity contribution is 5.95. The highest BCUT2D eigenvalue weighted by Crippen LogP contribution is 2.22. The quantitative estimate of drug-likeness (QED) is 0.520. The van der Waals surface area contributed by atoms with E-state index in [0.717, 1.165) is 29.1 Å². The zero-order valence-electron chi connectivity index (χ0n) is 19.5. The molecule has 32 heavy (non-hydrogen) atoms. The second-order valence-electron chi connectivity index (χ2n) is 8.34. The standard InChI is InChI=1S/C25H32N6O/c1-17(2)31(18(3)4)14-13-27-24(32)20-9-8-19(5)23(15-20)30-25-28-12-10-22(29-25)21-7-6-11-26-16-21/h6-12,15-18H,13-14H2,1-5H3,(H,27,32)(H,28,29,30). The van der Waals surface area contributed by atoms with Crippen molar-refractivity contribution in [2.24, 2.45) is 0 Å². The highest BCUT2D eigenvalue weighted by atomic mass is 16.1. The predicted molar refractivity (Wildman–Crippen MR) is 129 cm³/mol. The van der Waals surface area contributed by atoms with E-state index in [1.54, 1.807) is 18.6 Å². The summed E-state index contributed by atoms with van der Waals surface area (Å²) in [5.41, 5.74) is 4.10. The largest absolute Gasteiger partial charge is 0.351 e. The molecule has 0 aliphatic rings. The summed E-state index contributed by atoms with van der Waals surface area (Å²) in [5, 5.41) is 6.28. The Morgan fingerprint density at radius 1 is 1.06 bits per heavy atom. The van der Waals surface area contributed by atoms with Crippen molar-refractivity contribution < 1.29 is 4.79 Å². The van der Waals surface area contributed by atoms with E-state index < -0.39 is 0 Å². The number of hydrogen-bond donors (Lipinski definition) is 2. The fourth-order valence-electron chi connectivity index (χ4n) is 3.63. The molecule has 0 aliphatic carbocycles. The maximum Gasteiger partial charge on any atom is 0.251 e. The Hall–Kier alpha value is -3.32. The average molecular weight is 433 g/mol. The Kier molecular flexibility index (Phi) is 7.89. The van der Waals surface area contributed by atoms with Crippen LogP contribution in [0.15, 0.2) is 55.0 Å². The van der Waals surface area contributed by atoms with Gasteiger partial charge in [-0.3, -0.25) is 14.7 Å². The summed E-state index contributed by atoms with van der Waals surface area (Å²) in [6.07, 6.45) is 5.20. The first-order valence-electron chi connectivity index (χ1n) is 11.0. The molecule has 0 radical (unpaired) electrons. The minimum Gasteiger partial charge on any atom is -0.351 e. The van der Waals surface area contributed by atoms with Crippen LogP contribution in [-0.4, -0.2) is 50.9 Å². The number of benzene rings is 1. The van der Waals surface area contributed by atoms with Gasteiger partial charge in [0.25, 0.3) is 5.91 Å². The number of carbonyl (C=O) groups is 1. The maximum atomic E-state index is 12.7. The summed E-state index contributed by atoms with van der Waals surface area (Å²) in [4.78, 5) is 28.1. The Morgan fingerprint density at radius 3 is 2.53 bits per heavy atom. The number of rotatable bonds is 9.